The van der Waals surface area contributed by atoms with E-state index in [1.807, 2.05) is 0 Å². The monoisotopic (exact) mass is 189 g/mol. The first-order valence-electron chi connectivity index (χ1n) is 3.29. The van der Waals surface area contributed by atoms with Crippen molar-refractivity contribution in [3.05, 3.63) is 0 Å². The molecule has 1 saturated heterocycles. The SMILES string of the molecule is O=C1OCC(C(O)C(=O)[O-])OC1=O. The molecule has 1 aliphatic heterocycles. The summed E-state index contributed by atoms with van der Waals surface area (Å²) < 4.78 is 8.45. The first-order chi connectivity index (χ1) is 6.02. The van der Waals surface area contributed by atoms with Gasteiger partial charge in [0.2, 0.25) is 0 Å². The van der Waals surface area contributed by atoms with Crippen molar-refractivity contribution in [2.45, 2.75) is 12.2 Å². The molecule has 7 nitrogen and oxygen atoms in total. The predicted octanol–water partition coefficient (Wildman–Crippen LogP) is -3.43. The topological polar surface area (TPSA) is 113 Å². The minimum atomic E-state index is -1.99. The van der Waals surface area contributed by atoms with Gasteiger partial charge in [-0.2, -0.15) is 0 Å². The third-order valence-corrected chi connectivity index (χ3v) is 1.40. The van der Waals surface area contributed by atoms with E-state index < -0.39 is 36.7 Å². The fourth-order valence-electron chi connectivity index (χ4n) is 0.744. The van der Waals surface area contributed by atoms with Crippen LogP contribution in [-0.4, -0.2) is 41.8 Å². The lowest BCUT2D eigenvalue weighted by Gasteiger charge is -2.25. The number of aliphatic carboxylic acids is 1. The third kappa shape index (κ3) is 1.94. The van der Waals surface area contributed by atoms with Crippen LogP contribution in [0.3, 0.4) is 0 Å². The number of aliphatic hydroxyl groups excluding tert-OH is 1. The highest BCUT2D eigenvalue weighted by atomic mass is 16.6. The minimum Gasteiger partial charge on any atom is -0.547 e. The first kappa shape index (κ1) is 9.46. The van der Waals surface area contributed by atoms with Crippen molar-refractivity contribution in [2.75, 3.05) is 6.61 Å². The fraction of sp³-hybridized carbons (Fsp3) is 0.500. The highest BCUT2D eigenvalue weighted by molar-refractivity contribution is 6.30. The van der Waals surface area contributed by atoms with E-state index in [1.165, 1.54) is 0 Å². The number of cyclic esters (lactones) is 2. The molecule has 0 aromatic rings. The molecular weight excluding hydrogens is 184 g/mol. The number of carboxylic acid groups (broad SMARTS) is 1. The Kier molecular flexibility index (Phi) is 2.47. The molecule has 0 saturated carbocycles. The van der Waals surface area contributed by atoms with Gasteiger partial charge in [0.25, 0.3) is 0 Å². The van der Waals surface area contributed by atoms with Gasteiger partial charge in [0.15, 0.2) is 6.10 Å². The lowest BCUT2D eigenvalue weighted by molar-refractivity contribution is -0.319. The first-order valence-corrected chi connectivity index (χ1v) is 3.29. The van der Waals surface area contributed by atoms with Gasteiger partial charge in [0, 0.05) is 0 Å². The summed E-state index contributed by atoms with van der Waals surface area (Å²) in [5, 5.41) is 18.9. The average Bonchev–Trinajstić information content (AvgIpc) is 2.08. The van der Waals surface area contributed by atoms with E-state index in [9.17, 15) is 19.5 Å². The smallest absolute Gasteiger partial charge is 0.417 e. The summed E-state index contributed by atoms with van der Waals surface area (Å²) in [6.45, 7) is -0.486. The zero-order valence-corrected chi connectivity index (χ0v) is 6.26. The summed E-state index contributed by atoms with van der Waals surface area (Å²) in [7, 11) is 0. The summed E-state index contributed by atoms with van der Waals surface area (Å²) in [5.41, 5.74) is 0. The van der Waals surface area contributed by atoms with Crippen molar-refractivity contribution in [1.82, 2.24) is 0 Å². The van der Waals surface area contributed by atoms with Crippen LogP contribution in [0.25, 0.3) is 0 Å². The molecule has 2 atom stereocenters. The zero-order valence-electron chi connectivity index (χ0n) is 6.26. The van der Waals surface area contributed by atoms with Gasteiger partial charge in [-0.25, -0.2) is 9.59 Å². The summed E-state index contributed by atoms with van der Waals surface area (Å²) in [5.74, 6) is -4.32. The van der Waals surface area contributed by atoms with E-state index >= 15 is 0 Å². The Morgan fingerprint density at radius 1 is 1.54 bits per heavy atom. The molecule has 1 heterocycles. The highest BCUT2D eigenvalue weighted by Gasteiger charge is 2.34. The molecule has 1 rings (SSSR count). The number of hydrogen-bond acceptors (Lipinski definition) is 7. The van der Waals surface area contributed by atoms with Gasteiger partial charge in [-0.15, -0.1) is 0 Å². The second-order valence-electron chi connectivity index (χ2n) is 2.31. The van der Waals surface area contributed by atoms with Crippen molar-refractivity contribution in [3.8, 4) is 0 Å². The van der Waals surface area contributed by atoms with Gasteiger partial charge >= 0.3 is 11.9 Å². The molecule has 13 heavy (non-hydrogen) atoms. The molecule has 0 amide bonds. The lowest BCUT2D eigenvalue weighted by Crippen LogP contribution is -2.50. The van der Waals surface area contributed by atoms with E-state index in [-0.39, 0.29) is 0 Å². The van der Waals surface area contributed by atoms with Crippen molar-refractivity contribution >= 4 is 17.9 Å². The summed E-state index contributed by atoms with van der Waals surface area (Å²) in [6, 6.07) is 0. The van der Waals surface area contributed by atoms with Gasteiger partial charge in [-0.3, -0.25) is 0 Å². The van der Waals surface area contributed by atoms with Crippen LogP contribution in [0.2, 0.25) is 0 Å². The van der Waals surface area contributed by atoms with E-state index in [1.54, 1.807) is 0 Å². The number of ether oxygens (including phenoxy) is 2. The quantitative estimate of drug-likeness (QED) is 0.355. The van der Waals surface area contributed by atoms with Crippen LogP contribution in [0.15, 0.2) is 0 Å². The van der Waals surface area contributed by atoms with Crippen molar-refractivity contribution < 1.29 is 34.1 Å². The molecule has 0 aromatic carbocycles. The van der Waals surface area contributed by atoms with E-state index in [2.05, 4.69) is 9.47 Å². The van der Waals surface area contributed by atoms with Gasteiger partial charge in [-0.1, -0.05) is 0 Å². The second-order valence-corrected chi connectivity index (χ2v) is 2.31. The molecule has 1 fully saturated rings. The summed E-state index contributed by atoms with van der Waals surface area (Å²) in [4.78, 5) is 31.0. The largest absolute Gasteiger partial charge is 0.547 e. The molecule has 7 heteroatoms. The number of esters is 2. The van der Waals surface area contributed by atoms with Crippen LogP contribution in [0.1, 0.15) is 0 Å². The molecule has 72 valence electrons. The Hall–Kier alpha value is -1.63. The maximum absolute atomic E-state index is 10.5. The maximum Gasteiger partial charge on any atom is 0.417 e. The van der Waals surface area contributed by atoms with Gasteiger partial charge in [-0.05, 0) is 0 Å². The Morgan fingerprint density at radius 3 is 2.62 bits per heavy atom. The van der Waals surface area contributed by atoms with Crippen LogP contribution in [0.4, 0.5) is 0 Å². The normalized spacial score (nSPS) is 24.5. The number of carbonyl (C=O) groups is 3. The molecule has 0 radical (unpaired) electrons. The molecule has 1 aliphatic rings. The van der Waals surface area contributed by atoms with Crippen molar-refractivity contribution in [3.63, 3.8) is 0 Å². The molecular formula is C6H5O7-. The average molecular weight is 189 g/mol. The number of rotatable bonds is 2. The van der Waals surface area contributed by atoms with E-state index in [4.69, 9.17) is 5.11 Å². The molecule has 0 aliphatic carbocycles. The maximum atomic E-state index is 10.5. The number of carbonyl (C=O) groups excluding carboxylic acids is 3. The summed E-state index contributed by atoms with van der Waals surface area (Å²) in [6.07, 6.45) is -3.38. The van der Waals surface area contributed by atoms with Gasteiger partial charge in [0.05, 0.1) is 5.97 Å². The van der Waals surface area contributed by atoms with Crippen LogP contribution < -0.4 is 5.11 Å². The Labute approximate surface area is 71.9 Å². The van der Waals surface area contributed by atoms with E-state index in [0.29, 0.717) is 0 Å². The van der Waals surface area contributed by atoms with Crippen LogP contribution in [0, 0.1) is 0 Å². The number of hydrogen-bond donors (Lipinski definition) is 1. The van der Waals surface area contributed by atoms with Crippen LogP contribution in [-0.2, 0) is 23.9 Å². The Morgan fingerprint density at radius 2 is 2.15 bits per heavy atom. The zero-order chi connectivity index (χ0) is 10.0. The fourth-order valence-corrected chi connectivity index (χ4v) is 0.744. The van der Waals surface area contributed by atoms with Crippen LogP contribution >= 0.6 is 0 Å². The highest BCUT2D eigenvalue weighted by Crippen LogP contribution is 2.07. The number of carboxylic acids is 1. The molecule has 2 unspecified atom stereocenters. The lowest BCUT2D eigenvalue weighted by atomic mass is 10.2. The standard InChI is InChI=1S/C6H6O7/c7-3(4(8)9)2-1-12-5(10)6(11)13-2/h2-3,7H,1H2,(H,8,9)/p-1. The minimum absolute atomic E-state index is 0.486. The Balaban J connectivity index is 2.60. The van der Waals surface area contributed by atoms with Crippen LogP contribution in [0.5, 0.6) is 0 Å². The molecule has 1 N–H and O–H groups in total. The molecule has 0 spiro atoms. The van der Waals surface area contributed by atoms with E-state index in [0.717, 1.165) is 0 Å². The van der Waals surface area contributed by atoms with Gasteiger partial charge in [0.1, 0.15) is 12.7 Å². The van der Waals surface area contributed by atoms with Gasteiger partial charge < -0.3 is 24.5 Å². The second kappa shape index (κ2) is 3.40. The molecule has 0 aromatic heterocycles. The predicted molar refractivity (Wildman–Crippen MR) is 31.9 cm³/mol. The number of aliphatic hydroxyl groups is 1. The Bertz CT molecular complexity index is 258. The van der Waals surface area contributed by atoms with Crippen molar-refractivity contribution in [2.24, 2.45) is 0 Å². The summed E-state index contributed by atoms with van der Waals surface area (Å²) >= 11 is 0. The third-order valence-electron chi connectivity index (χ3n) is 1.40. The van der Waals surface area contributed by atoms with Crippen molar-refractivity contribution in [1.29, 1.82) is 0 Å². The molecule has 0 bridgehead atoms.